The van der Waals surface area contributed by atoms with Crippen molar-refractivity contribution < 1.29 is 24.2 Å². The van der Waals surface area contributed by atoms with E-state index in [1.54, 1.807) is 12.1 Å². The lowest BCUT2D eigenvalue weighted by Crippen LogP contribution is -2.43. The van der Waals surface area contributed by atoms with Crippen LogP contribution in [0.5, 0.6) is 5.75 Å². The smallest absolute Gasteiger partial charge is 0.277 e. The van der Waals surface area contributed by atoms with Crippen molar-refractivity contribution in [2.45, 2.75) is 19.8 Å². The molecule has 0 spiro atoms. The number of hydrogen-bond donors (Lipinski definition) is 2. The fraction of sp³-hybridized carbons (Fsp3) is 0.222. The molecule has 0 saturated carbocycles. The van der Waals surface area contributed by atoms with Crippen LogP contribution in [-0.2, 0) is 4.79 Å². The Labute approximate surface area is 164 Å². The second-order valence-corrected chi connectivity index (χ2v) is 6.27. The number of nitro groups is 2. The summed E-state index contributed by atoms with van der Waals surface area (Å²) in [5.41, 5.74) is 3.62. The predicted octanol–water partition coefficient (Wildman–Crippen LogP) is 2.47. The summed E-state index contributed by atoms with van der Waals surface area (Å²) in [6.45, 7) is 3.69. The average Bonchev–Trinajstić information content (AvgIpc) is 2.70. The molecular formula is C18H18N4O7. The number of benzene rings is 2. The first-order valence-electron chi connectivity index (χ1n) is 8.43. The Hall–Kier alpha value is -4.02. The second-order valence-electron chi connectivity index (χ2n) is 6.27. The largest absolute Gasteiger partial charge is 0.484 e. The van der Waals surface area contributed by atoms with Crippen LogP contribution in [0.25, 0.3) is 0 Å². The maximum atomic E-state index is 12.1. The van der Waals surface area contributed by atoms with Crippen LogP contribution in [0.3, 0.4) is 0 Å². The van der Waals surface area contributed by atoms with Crippen molar-refractivity contribution in [2.75, 3.05) is 6.61 Å². The number of hydrogen-bond acceptors (Lipinski definition) is 7. The Bertz CT molecular complexity index is 909. The van der Waals surface area contributed by atoms with Crippen molar-refractivity contribution in [3.8, 4) is 5.75 Å². The molecule has 0 fully saturated rings. The molecule has 11 nitrogen and oxygen atoms in total. The summed E-state index contributed by atoms with van der Waals surface area (Å²) in [6, 6.07) is 9.62. The fourth-order valence-electron chi connectivity index (χ4n) is 2.27. The Morgan fingerprint density at radius 3 is 2.00 bits per heavy atom. The van der Waals surface area contributed by atoms with Crippen molar-refractivity contribution in [1.82, 2.24) is 10.9 Å². The number of nitro benzene ring substituents is 2. The lowest BCUT2D eigenvalue weighted by molar-refractivity contribution is -0.394. The molecule has 29 heavy (non-hydrogen) atoms. The summed E-state index contributed by atoms with van der Waals surface area (Å²) >= 11 is 0. The molecule has 0 heterocycles. The van der Waals surface area contributed by atoms with E-state index in [4.69, 9.17) is 4.74 Å². The Kier molecular flexibility index (Phi) is 6.80. The number of rotatable bonds is 7. The van der Waals surface area contributed by atoms with Crippen LogP contribution in [-0.4, -0.2) is 28.3 Å². The number of nitrogens with zero attached hydrogens (tertiary/aromatic N) is 2. The molecule has 2 N–H and O–H groups in total. The number of carbonyl (C=O) groups excluding carboxylic acids is 2. The lowest BCUT2D eigenvalue weighted by atomic mass is 10.0. The van der Waals surface area contributed by atoms with Gasteiger partial charge in [0.1, 0.15) is 5.75 Å². The Morgan fingerprint density at radius 1 is 0.966 bits per heavy atom. The minimum Gasteiger partial charge on any atom is -0.484 e. The zero-order valence-corrected chi connectivity index (χ0v) is 15.6. The molecule has 2 rings (SSSR count). The van der Waals surface area contributed by atoms with Gasteiger partial charge < -0.3 is 4.74 Å². The zero-order valence-electron chi connectivity index (χ0n) is 15.6. The van der Waals surface area contributed by atoms with Gasteiger partial charge in [-0.05, 0) is 23.6 Å². The van der Waals surface area contributed by atoms with Gasteiger partial charge in [-0.1, -0.05) is 26.0 Å². The van der Waals surface area contributed by atoms with Gasteiger partial charge in [-0.15, -0.1) is 0 Å². The highest BCUT2D eigenvalue weighted by atomic mass is 16.6. The number of amides is 2. The van der Waals surface area contributed by atoms with E-state index < -0.39 is 39.6 Å². The van der Waals surface area contributed by atoms with Gasteiger partial charge in [-0.25, -0.2) is 0 Å². The van der Waals surface area contributed by atoms with Crippen LogP contribution >= 0.6 is 0 Å². The van der Waals surface area contributed by atoms with E-state index in [0.29, 0.717) is 11.7 Å². The van der Waals surface area contributed by atoms with Crippen LogP contribution < -0.4 is 15.6 Å². The second kappa shape index (κ2) is 9.26. The van der Waals surface area contributed by atoms with E-state index in [1.165, 1.54) is 0 Å². The van der Waals surface area contributed by atoms with Crippen molar-refractivity contribution in [2.24, 2.45) is 0 Å². The standard InChI is InChI=1S/C18H18N4O7/c1-11(2)12-3-5-16(6-4-12)29-10-17(23)19-20-18(24)13-7-14(21(25)26)9-15(8-13)22(27)28/h3-9,11H,10H2,1-2H3,(H,19,23)(H,20,24). The number of nitrogens with one attached hydrogen (secondary N) is 2. The summed E-state index contributed by atoms with van der Waals surface area (Å²) in [4.78, 5) is 43.9. The monoisotopic (exact) mass is 402 g/mol. The molecule has 11 heteroatoms. The third kappa shape index (κ3) is 5.99. The number of carbonyl (C=O) groups is 2. The van der Waals surface area contributed by atoms with E-state index in [1.807, 2.05) is 31.4 Å². The van der Waals surface area contributed by atoms with Gasteiger partial charge in [0.05, 0.1) is 21.5 Å². The minimum atomic E-state index is -0.952. The highest BCUT2D eigenvalue weighted by Gasteiger charge is 2.20. The van der Waals surface area contributed by atoms with Crippen LogP contribution in [0.2, 0.25) is 0 Å². The SMILES string of the molecule is CC(C)c1ccc(OCC(=O)NNC(=O)c2cc([N+](=O)[O-])cc([N+](=O)[O-])c2)cc1. The number of non-ortho nitro benzene ring substituents is 2. The molecular weight excluding hydrogens is 384 g/mol. The molecule has 152 valence electrons. The number of ether oxygens (including phenoxy) is 1. The molecule has 2 aromatic rings. The normalized spacial score (nSPS) is 10.3. The van der Waals surface area contributed by atoms with Gasteiger partial charge >= 0.3 is 0 Å². The first-order valence-corrected chi connectivity index (χ1v) is 8.43. The maximum Gasteiger partial charge on any atom is 0.277 e. The molecule has 2 amide bonds. The van der Waals surface area contributed by atoms with E-state index in [-0.39, 0.29) is 5.56 Å². The van der Waals surface area contributed by atoms with Crippen LogP contribution in [0.4, 0.5) is 11.4 Å². The molecule has 0 aromatic heterocycles. The topological polar surface area (TPSA) is 154 Å². The highest BCUT2D eigenvalue weighted by Crippen LogP contribution is 2.22. The summed E-state index contributed by atoms with van der Waals surface area (Å²) in [6.07, 6.45) is 0. The highest BCUT2D eigenvalue weighted by molar-refractivity contribution is 5.96. The molecule has 0 radical (unpaired) electrons. The van der Waals surface area contributed by atoms with Crippen molar-refractivity contribution in [3.63, 3.8) is 0 Å². The lowest BCUT2D eigenvalue weighted by Gasteiger charge is -2.10. The van der Waals surface area contributed by atoms with Gasteiger partial charge in [0.15, 0.2) is 6.61 Å². The van der Waals surface area contributed by atoms with Gasteiger partial charge in [-0.2, -0.15) is 0 Å². The van der Waals surface area contributed by atoms with Crippen LogP contribution in [0, 0.1) is 20.2 Å². The van der Waals surface area contributed by atoms with E-state index in [0.717, 1.165) is 23.8 Å². The van der Waals surface area contributed by atoms with E-state index in [2.05, 4.69) is 5.43 Å². The van der Waals surface area contributed by atoms with Crippen molar-refractivity contribution in [1.29, 1.82) is 0 Å². The molecule has 0 aliphatic heterocycles. The molecule has 0 saturated heterocycles. The van der Waals surface area contributed by atoms with Gasteiger partial charge in [0, 0.05) is 12.1 Å². The summed E-state index contributed by atoms with van der Waals surface area (Å²) in [5.74, 6) is -0.824. The third-order valence-electron chi connectivity index (χ3n) is 3.82. The maximum absolute atomic E-state index is 12.1. The molecule has 0 aliphatic rings. The van der Waals surface area contributed by atoms with E-state index >= 15 is 0 Å². The van der Waals surface area contributed by atoms with Gasteiger partial charge in [-0.3, -0.25) is 40.7 Å². The molecule has 0 atom stereocenters. The van der Waals surface area contributed by atoms with Crippen molar-refractivity contribution >= 4 is 23.2 Å². The first-order chi connectivity index (χ1) is 13.7. The first kappa shape index (κ1) is 21.3. The van der Waals surface area contributed by atoms with E-state index in [9.17, 15) is 29.8 Å². The zero-order chi connectivity index (χ0) is 21.6. The quantitative estimate of drug-likeness (QED) is 0.532. The number of hydrazine groups is 1. The predicted molar refractivity (Wildman–Crippen MR) is 101 cm³/mol. The molecule has 0 bridgehead atoms. The summed E-state index contributed by atoms with van der Waals surface area (Å²) in [5, 5.41) is 21.7. The molecule has 0 unspecified atom stereocenters. The van der Waals surface area contributed by atoms with Gasteiger partial charge in [0.25, 0.3) is 23.2 Å². The Balaban J connectivity index is 1.93. The average molecular weight is 402 g/mol. The Morgan fingerprint density at radius 2 is 1.52 bits per heavy atom. The minimum absolute atomic E-state index is 0.351. The summed E-state index contributed by atoms with van der Waals surface area (Å²) in [7, 11) is 0. The summed E-state index contributed by atoms with van der Waals surface area (Å²) < 4.78 is 5.30. The molecule has 0 aliphatic carbocycles. The third-order valence-corrected chi connectivity index (χ3v) is 3.82. The van der Waals surface area contributed by atoms with Crippen LogP contribution in [0.15, 0.2) is 42.5 Å². The van der Waals surface area contributed by atoms with Gasteiger partial charge in [0.2, 0.25) is 0 Å². The fourth-order valence-corrected chi connectivity index (χ4v) is 2.27. The molecule has 2 aromatic carbocycles. The van der Waals surface area contributed by atoms with Crippen molar-refractivity contribution in [3.05, 3.63) is 73.8 Å². The van der Waals surface area contributed by atoms with Crippen LogP contribution in [0.1, 0.15) is 35.7 Å².